The van der Waals surface area contributed by atoms with Gasteiger partial charge >= 0.3 is 0 Å². The Hall–Kier alpha value is -0.540. The van der Waals surface area contributed by atoms with E-state index in [-0.39, 0.29) is 12.1 Å². The average Bonchev–Trinajstić information content (AvgIpc) is 2.40. The maximum absolute atomic E-state index is 14.1. The monoisotopic (exact) mass is 369 g/mol. The quantitative estimate of drug-likeness (QED) is 0.743. The van der Waals surface area contributed by atoms with Gasteiger partial charge in [0.05, 0.1) is 6.61 Å². The molecule has 0 fully saturated rings. The Morgan fingerprint density at radius 2 is 2.10 bits per heavy atom. The molecule has 0 saturated carbocycles. The predicted molar refractivity (Wildman–Crippen MR) is 76.3 cm³/mol. The molecule has 114 valence electrons. The van der Waals surface area contributed by atoms with Crippen LogP contribution < -0.4 is 0 Å². The van der Waals surface area contributed by atoms with Crippen LogP contribution in [0.2, 0.25) is 0 Å². The highest BCUT2D eigenvalue weighted by Crippen LogP contribution is 2.26. The summed E-state index contributed by atoms with van der Waals surface area (Å²) in [6.45, 7) is 0.0699. The van der Waals surface area contributed by atoms with Crippen molar-refractivity contribution in [1.29, 1.82) is 0 Å². The summed E-state index contributed by atoms with van der Waals surface area (Å²) in [7, 11) is -1.04. The molecule has 1 N–H and O–H groups in total. The SMILES string of the molecule is COCCCN(C)S(=O)(=O)c1cc(Br)cc(CO)c1F. The highest BCUT2D eigenvalue weighted by molar-refractivity contribution is 9.10. The smallest absolute Gasteiger partial charge is 0.245 e. The van der Waals surface area contributed by atoms with Gasteiger partial charge in [-0.2, -0.15) is 0 Å². The number of aliphatic hydroxyl groups excluding tert-OH is 1. The summed E-state index contributed by atoms with van der Waals surface area (Å²) < 4.78 is 45.0. The van der Waals surface area contributed by atoms with Gasteiger partial charge in [-0.15, -0.1) is 0 Å². The number of nitrogens with zero attached hydrogens (tertiary/aromatic N) is 1. The Bertz CT molecular complexity index is 565. The standard InChI is InChI=1S/C12H17BrFNO4S/c1-15(4-3-5-19-2)20(17,18)11-7-10(13)6-9(8-16)12(11)14/h6-7,16H,3-5,8H2,1-2H3. The van der Waals surface area contributed by atoms with Gasteiger partial charge in [-0.3, -0.25) is 0 Å². The number of sulfonamides is 1. The van der Waals surface area contributed by atoms with Crippen LogP contribution in [0, 0.1) is 5.82 Å². The number of rotatable bonds is 7. The largest absolute Gasteiger partial charge is 0.392 e. The zero-order valence-electron chi connectivity index (χ0n) is 11.3. The maximum Gasteiger partial charge on any atom is 0.245 e. The molecule has 20 heavy (non-hydrogen) atoms. The van der Waals surface area contributed by atoms with E-state index in [1.807, 2.05) is 0 Å². The number of aliphatic hydroxyl groups is 1. The summed E-state index contributed by atoms with van der Waals surface area (Å²) in [5, 5.41) is 9.06. The van der Waals surface area contributed by atoms with E-state index in [9.17, 15) is 12.8 Å². The minimum Gasteiger partial charge on any atom is -0.392 e. The van der Waals surface area contributed by atoms with Gasteiger partial charge in [0.25, 0.3) is 0 Å². The van der Waals surface area contributed by atoms with Crippen LogP contribution in [0.3, 0.4) is 0 Å². The molecule has 0 saturated heterocycles. The van der Waals surface area contributed by atoms with E-state index in [4.69, 9.17) is 9.84 Å². The number of ether oxygens (including phenoxy) is 1. The van der Waals surface area contributed by atoms with E-state index in [1.165, 1.54) is 26.3 Å². The van der Waals surface area contributed by atoms with Crippen molar-refractivity contribution in [2.75, 3.05) is 27.3 Å². The van der Waals surface area contributed by atoms with Crippen LogP contribution in [0.4, 0.5) is 4.39 Å². The van der Waals surface area contributed by atoms with Gasteiger partial charge in [-0.05, 0) is 18.6 Å². The van der Waals surface area contributed by atoms with E-state index < -0.39 is 27.3 Å². The van der Waals surface area contributed by atoms with Gasteiger partial charge in [0, 0.05) is 37.3 Å². The topological polar surface area (TPSA) is 66.8 Å². The summed E-state index contributed by atoms with van der Waals surface area (Å²) in [4.78, 5) is -0.448. The van der Waals surface area contributed by atoms with E-state index >= 15 is 0 Å². The first kappa shape index (κ1) is 17.5. The fraction of sp³-hybridized carbons (Fsp3) is 0.500. The molecule has 8 heteroatoms. The fourth-order valence-electron chi connectivity index (χ4n) is 1.64. The maximum atomic E-state index is 14.1. The molecule has 1 rings (SSSR count). The van der Waals surface area contributed by atoms with Crippen LogP contribution in [0.1, 0.15) is 12.0 Å². The third-order valence-electron chi connectivity index (χ3n) is 2.76. The molecule has 0 spiro atoms. The van der Waals surface area contributed by atoms with Gasteiger partial charge in [-0.1, -0.05) is 15.9 Å². The molecule has 0 aliphatic heterocycles. The van der Waals surface area contributed by atoms with E-state index in [1.54, 1.807) is 0 Å². The van der Waals surface area contributed by atoms with Crippen LogP contribution in [0.15, 0.2) is 21.5 Å². The summed E-state index contributed by atoms with van der Waals surface area (Å²) >= 11 is 3.11. The fourth-order valence-corrected chi connectivity index (χ4v) is 3.64. The first-order valence-corrected chi connectivity index (χ1v) is 8.12. The van der Waals surface area contributed by atoms with Gasteiger partial charge in [0.1, 0.15) is 10.7 Å². The third kappa shape index (κ3) is 3.98. The summed E-state index contributed by atoms with van der Waals surface area (Å²) in [6.07, 6.45) is 0.509. The Kier molecular flexibility index (Phi) is 6.53. The second-order valence-electron chi connectivity index (χ2n) is 4.21. The van der Waals surface area contributed by atoms with Gasteiger partial charge in [-0.25, -0.2) is 17.1 Å². The first-order valence-electron chi connectivity index (χ1n) is 5.88. The molecule has 0 radical (unpaired) electrons. The highest BCUT2D eigenvalue weighted by Gasteiger charge is 2.26. The third-order valence-corrected chi connectivity index (χ3v) is 5.07. The minimum absolute atomic E-state index is 0.0664. The Morgan fingerprint density at radius 3 is 2.65 bits per heavy atom. The molecule has 0 aromatic heterocycles. The van der Waals surface area contributed by atoms with Crippen molar-refractivity contribution in [3.63, 3.8) is 0 Å². The second kappa shape index (κ2) is 7.46. The lowest BCUT2D eigenvalue weighted by atomic mass is 10.2. The molecule has 0 unspecified atom stereocenters. The molecule has 0 amide bonds. The van der Waals surface area contributed by atoms with Crippen molar-refractivity contribution in [3.8, 4) is 0 Å². The molecular formula is C12H17BrFNO4S. The van der Waals surface area contributed by atoms with Crippen molar-refractivity contribution in [2.45, 2.75) is 17.9 Å². The molecular weight excluding hydrogens is 353 g/mol. The number of benzene rings is 1. The molecule has 1 aromatic carbocycles. The molecule has 1 aromatic rings. The van der Waals surface area contributed by atoms with Crippen LogP contribution in [0.25, 0.3) is 0 Å². The summed E-state index contributed by atoms with van der Waals surface area (Å²) in [6, 6.07) is 2.54. The molecule has 0 atom stereocenters. The summed E-state index contributed by atoms with van der Waals surface area (Å²) in [5.41, 5.74) is -0.0664. The minimum atomic E-state index is -3.94. The number of methoxy groups -OCH3 is 1. The van der Waals surface area contributed by atoms with E-state index in [0.717, 1.165) is 4.31 Å². The van der Waals surface area contributed by atoms with Gasteiger partial charge in [0.2, 0.25) is 10.0 Å². The van der Waals surface area contributed by atoms with E-state index in [2.05, 4.69) is 15.9 Å². The van der Waals surface area contributed by atoms with Gasteiger partial charge in [0.15, 0.2) is 0 Å². The molecule has 0 aliphatic carbocycles. The van der Waals surface area contributed by atoms with Crippen molar-refractivity contribution in [3.05, 3.63) is 28.0 Å². The normalized spacial score (nSPS) is 12.1. The number of hydrogen-bond donors (Lipinski definition) is 1. The summed E-state index contributed by atoms with van der Waals surface area (Å²) in [5.74, 6) is -0.922. The van der Waals surface area contributed by atoms with Crippen molar-refractivity contribution in [2.24, 2.45) is 0 Å². The van der Waals surface area contributed by atoms with Crippen LogP contribution >= 0.6 is 15.9 Å². The van der Waals surface area contributed by atoms with Crippen molar-refractivity contribution >= 4 is 26.0 Å². The predicted octanol–water partition coefficient (Wildman–Crippen LogP) is 1.74. The molecule has 0 aliphatic rings. The average molecular weight is 370 g/mol. The van der Waals surface area contributed by atoms with Crippen LogP contribution in [-0.2, 0) is 21.4 Å². The highest BCUT2D eigenvalue weighted by atomic mass is 79.9. The molecule has 0 heterocycles. The Morgan fingerprint density at radius 1 is 1.45 bits per heavy atom. The Balaban J connectivity index is 3.12. The lowest BCUT2D eigenvalue weighted by Gasteiger charge is -2.18. The molecule has 0 bridgehead atoms. The van der Waals surface area contributed by atoms with Crippen LogP contribution in [0.5, 0.6) is 0 Å². The Labute approximate surface area is 126 Å². The molecule has 5 nitrogen and oxygen atoms in total. The van der Waals surface area contributed by atoms with Crippen molar-refractivity contribution in [1.82, 2.24) is 4.31 Å². The zero-order valence-corrected chi connectivity index (χ0v) is 13.7. The first-order chi connectivity index (χ1) is 9.34. The van der Waals surface area contributed by atoms with Gasteiger partial charge < -0.3 is 9.84 Å². The number of halogens is 2. The van der Waals surface area contributed by atoms with Crippen LogP contribution in [-0.4, -0.2) is 45.1 Å². The lowest BCUT2D eigenvalue weighted by molar-refractivity contribution is 0.189. The van der Waals surface area contributed by atoms with E-state index in [0.29, 0.717) is 17.5 Å². The number of hydrogen-bond acceptors (Lipinski definition) is 4. The lowest BCUT2D eigenvalue weighted by Crippen LogP contribution is -2.29. The zero-order chi connectivity index (χ0) is 15.3. The van der Waals surface area contributed by atoms with Crippen molar-refractivity contribution < 1.29 is 22.7 Å². The second-order valence-corrected chi connectivity index (χ2v) is 7.14.